The van der Waals surface area contributed by atoms with Crippen LogP contribution in [0, 0.1) is 25.2 Å². The van der Waals surface area contributed by atoms with E-state index in [-0.39, 0.29) is 5.57 Å². The van der Waals surface area contributed by atoms with E-state index in [1.807, 2.05) is 32.0 Å². The van der Waals surface area contributed by atoms with Crippen LogP contribution in [0.15, 0.2) is 58.5 Å². The Morgan fingerprint density at radius 3 is 2.61 bits per heavy atom. The van der Waals surface area contributed by atoms with Crippen LogP contribution >= 0.6 is 23.2 Å². The predicted octanol–water partition coefficient (Wildman–Crippen LogP) is 6.42. The molecule has 2 aromatic carbocycles. The van der Waals surface area contributed by atoms with Gasteiger partial charge in [0.25, 0.3) is 5.91 Å². The van der Waals surface area contributed by atoms with Gasteiger partial charge in [0.15, 0.2) is 0 Å². The summed E-state index contributed by atoms with van der Waals surface area (Å²) in [6.07, 6.45) is 1.39. The zero-order chi connectivity index (χ0) is 20.3. The van der Waals surface area contributed by atoms with Crippen molar-refractivity contribution >= 4 is 40.9 Å². The predicted molar refractivity (Wildman–Crippen MR) is 112 cm³/mol. The molecular formula is C22H16Cl2N2O2. The van der Waals surface area contributed by atoms with Crippen molar-refractivity contribution in [3.63, 3.8) is 0 Å². The molecule has 0 saturated carbocycles. The third-order valence-electron chi connectivity index (χ3n) is 4.26. The molecule has 0 unspecified atom stereocenters. The number of amides is 1. The first-order valence-electron chi connectivity index (χ1n) is 8.43. The molecule has 1 amide bonds. The number of halogens is 2. The van der Waals surface area contributed by atoms with Gasteiger partial charge in [-0.2, -0.15) is 5.26 Å². The quantitative estimate of drug-likeness (QED) is 0.398. The van der Waals surface area contributed by atoms with Crippen molar-refractivity contribution in [1.29, 1.82) is 5.26 Å². The molecule has 1 N–H and O–H groups in total. The summed E-state index contributed by atoms with van der Waals surface area (Å²) < 4.78 is 5.72. The van der Waals surface area contributed by atoms with Gasteiger partial charge in [0.2, 0.25) is 0 Å². The largest absolute Gasteiger partial charge is 0.457 e. The smallest absolute Gasteiger partial charge is 0.266 e. The van der Waals surface area contributed by atoms with E-state index in [9.17, 15) is 10.1 Å². The molecule has 3 aromatic rings. The fourth-order valence-corrected chi connectivity index (χ4v) is 2.97. The summed E-state index contributed by atoms with van der Waals surface area (Å²) in [5.74, 6) is 0.341. The molecule has 6 heteroatoms. The summed E-state index contributed by atoms with van der Waals surface area (Å²) in [5.41, 5.74) is 3.36. The molecule has 0 aliphatic carbocycles. The summed E-state index contributed by atoms with van der Waals surface area (Å²) in [7, 11) is 0. The first-order chi connectivity index (χ1) is 13.4. The van der Waals surface area contributed by atoms with Crippen molar-refractivity contribution in [1.82, 2.24) is 0 Å². The minimum atomic E-state index is -0.510. The highest BCUT2D eigenvalue weighted by Crippen LogP contribution is 2.34. The molecule has 0 aliphatic heterocycles. The second kappa shape index (κ2) is 8.35. The van der Waals surface area contributed by atoms with Crippen LogP contribution in [-0.4, -0.2) is 5.91 Å². The van der Waals surface area contributed by atoms with Crippen LogP contribution in [0.5, 0.6) is 0 Å². The Morgan fingerprint density at radius 2 is 1.89 bits per heavy atom. The van der Waals surface area contributed by atoms with Gasteiger partial charge < -0.3 is 9.73 Å². The van der Waals surface area contributed by atoms with E-state index in [2.05, 4.69) is 5.32 Å². The number of aryl methyl sites for hydroxylation is 2. The van der Waals surface area contributed by atoms with E-state index < -0.39 is 5.91 Å². The third-order valence-corrected chi connectivity index (χ3v) is 5.08. The van der Waals surface area contributed by atoms with E-state index in [4.69, 9.17) is 27.6 Å². The molecule has 140 valence electrons. The number of carbonyl (C=O) groups excluding carboxylic acids is 1. The van der Waals surface area contributed by atoms with Gasteiger partial charge in [-0.15, -0.1) is 0 Å². The average molecular weight is 411 g/mol. The molecule has 1 heterocycles. The van der Waals surface area contributed by atoms with E-state index in [1.54, 1.807) is 36.4 Å². The lowest BCUT2D eigenvalue weighted by molar-refractivity contribution is -0.112. The second-order valence-corrected chi connectivity index (χ2v) is 7.01. The Labute approximate surface area is 173 Å². The minimum Gasteiger partial charge on any atom is -0.457 e. The van der Waals surface area contributed by atoms with Crippen LogP contribution in [0.2, 0.25) is 10.0 Å². The topological polar surface area (TPSA) is 66.0 Å². The van der Waals surface area contributed by atoms with Gasteiger partial charge in [-0.05, 0) is 61.4 Å². The number of rotatable bonds is 4. The van der Waals surface area contributed by atoms with Crippen molar-refractivity contribution in [2.45, 2.75) is 13.8 Å². The second-order valence-electron chi connectivity index (χ2n) is 6.23. The van der Waals surface area contributed by atoms with E-state index in [0.29, 0.717) is 32.8 Å². The number of nitrogens with zero attached hydrogens (tertiary/aromatic N) is 1. The Balaban J connectivity index is 1.84. The van der Waals surface area contributed by atoms with E-state index >= 15 is 0 Å². The van der Waals surface area contributed by atoms with Crippen LogP contribution < -0.4 is 5.32 Å². The Morgan fingerprint density at radius 1 is 1.11 bits per heavy atom. The van der Waals surface area contributed by atoms with E-state index in [1.165, 1.54) is 6.08 Å². The molecule has 0 saturated heterocycles. The molecule has 4 nitrogen and oxygen atoms in total. The van der Waals surface area contributed by atoms with Crippen molar-refractivity contribution < 1.29 is 9.21 Å². The number of anilines is 1. The van der Waals surface area contributed by atoms with Crippen LogP contribution in [0.1, 0.15) is 16.9 Å². The fourth-order valence-electron chi connectivity index (χ4n) is 2.58. The maximum atomic E-state index is 12.4. The first-order valence-corrected chi connectivity index (χ1v) is 9.19. The highest BCUT2D eigenvalue weighted by molar-refractivity contribution is 6.43. The lowest BCUT2D eigenvalue weighted by atomic mass is 10.1. The summed E-state index contributed by atoms with van der Waals surface area (Å²) in [5, 5.41) is 12.9. The van der Waals surface area contributed by atoms with Gasteiger partial charge in [-0.3, -0.25) is 4.79 Å². The summed E-state index contributed by atoms with van der Waals surface area (Å²) in [4.78, 5) is 12.4. The van der Waals surface area contributed by atoms with E-state index in [0.717, 1.165) is 11.1 Å². The first kappa shape index (κ1) is 19.8. The zero-order valence-corrected chi connectivity index (χ0v) is 16.7. The number of furan rings is 1. The number of hydrogen-bond acceptors (Lipinski definition) is 3. The standard InChI is InChI=1S/C22H16Cl2N2O2/c1-13-6-7-16(10-14(13)2)26-22(27)15(12-25)11-17-8-9-20(28-17)18-4-3-5-19(23)21(18)24/h3-11H,1-2H3,(H,26,27). The molecule has 0 aliphatic rings. The van der Waals surface area contributed by atoms with Gasteiger partial charge in [0, 0.05) is 17.3 Å². The highest BCUT2D eigenvalue weighted by Gasteiger charge is 2.13. The van der Waals surface area contributed by atoms with Gasteiger partial charge in [-0.25, -0.2) is 0 Å². The molecule has 3 rings (SSSR count). The number of carbonyl (C=O) groups is 1. The van der Waals surface area contributed by atoms with Gasteiger partial charge in [-0.1, -0.05) is 35.3 Å². The summed E-state index contributed by atoms with van der Waals surface area (Å²) in [6.45, 7) is 3.94. The van der Waals surface area contributed by atoms with Crippen molar-refractivity contribution in [3.05, 3.63) is 81.0 Å². The maximum absolute atomic E-state index is 12.4. The van der Waals surface area contributed by atoms with Crippen LogP contribution in [0.4, 0.5) is 5.69 Å². The highest BCUT2D eigenvalue weighted by atomic mass is 35.5. The van der Waals surface area contributed by atoms with Crippen LogP contribution in [0.25, 0.3) is 17.4 Å². The Kier molecular flexibility index (Phi) is 5.89. The van der Waals surface area contributed by atoms with Crippen molar-refractivity contribution in [2.24, 2.45) is 0 Å². The summed E-state index contributed by atoms with van der Waals surface area (Å²) in [6, 6.07) is 16.1. The fraction of sp³-hybridized carbons (Fsp3) is 0.0909. The average Bonchev–Trinajstić information content (AvgIpc) is 3.13. The molecule has 28 heavy (non-hydrogen) atoms. The van der Waals surface area contributed by atoms with Crippen molar-refractivity contribution in [3.8, 4) is 17.4 Å². The van der Waals surface area contributed by atoms with Crippen LogP contribution in [-0.2, 0) is 4.79 Å². The monoisotopic (exact) mass is 410 g/mol. The molecular weight excluding hydrogens is 395 g/mol. The molecule has 0 spiro atoms. The number of nitriles is 1. The SMILES string of the molecule is Cc1ccc(NC(=O)C(C#N)=Cc2ccc(-c3cccc(Cl)c3Cl)o2)cc1C. The molecule has 0 bridgehead atoms. The lowest BCUT2D eigenvalue weighted by Gasteiger charge is -2.07. The molecule has 0 radical (unpaired) electrons. The Hall–Kier alpha value is -3.00. The molecule has 0 atom stereocenters. The number of benzene rings is 2. The van der Waals surface area contributed by atoms with Gasteiger partial charge in [0.05, 0.1) is 10.0 Å². The number of hydrogen-bond donors (Lipinski definition) is 1. The maximum Gasteiger partial charge on any atom is 0.266 e. The van der Waals surface area contributed by atoms with Crippen LogP contribution in [0.3, 0.4) is 0 Å². The molecule has 0 fully saturated rings. The lowest BCUT2D eigenvalue weighted by Crippen LogP contribution is -2.13. The minimum absolute atomic E-state index is 0.0729. The summed E-state index contributed by atoms with van der Waals surface area (Å²) >= 11 is 12.2. The Bertz CT molecular complexity index is 1120. The normalized spacial score (nSPS) is 11.2. The van der Waals surface area contributed by atoms with Gasteiger partial charge in [0.1, 0.15) is 23.2 Å². The van der Waals surface area contributed by atoms with Gasteiger partial charge >= 0.3 is 0 Å². The molecule has 1 aromatic heterocycles. The van der Waals surface area contributed by atoms with Crippen molar-refractivity contribution in [2.75, 3.05) is 5.32 Å². The zero-order valence-electron chi connectivity index (χ0n) is 15.2. The number of nitrogens with one attached hydrogen (secondary N) is 1. The third kappa shape index (κ3) is 4.28.